The highest BCUT2D eigenvalue weighted by atomic mass is 32.2. The summed E-state index contributed by atoms with van der Waals surface area (Å²) in [7, 11) is -3.01. The van der Waals surface area contributed by atoms with Gasteiger partial charge in [0.15, 0.2) is 9.84 Å². The van der Waals surface area contributed by atoms with Gasteiger partial charge in [0.2, 0.25) is 5.91 Å². The van der Waals surface area contributed by atoms with Crippen molar-refractivity contribution in [2.45, 2.75) is 30.4 Å². The summed E-state index contributed by atoms with van der Waals surface area (Å²) < 4.78 is 25.4. The number of carbonyl (C=O) groups is 1. The van der Waals surface area contributed by atoms with Gasteiger partial charge in [-0.2, -0.15) is 16.9 Å². The topological polar surface area (TPSA) is 81.1 Å². The van der Waals surface area contributed by atoms with Crippen molar-refractivity contribution in [1.82, 2.24) is 9.78 Å². The minimum absolute atomic E-state index is 0.0995. The Kier molecular flexibility index (Phi) is 4.33. The Labute approximate surface area is 150 Å². The molecule has 1 N–H and O–H groups in total. The number of carbonyl (C=O) groups excluding carboxylic acids is 1. The third-order valence-corrected chi connectivity index (χ3v) is 7.32. The second-order valence-corrected chi connectivity index (χ2v) is 9.69. The lowest BCUT2D eigenvalue weighted by Crippen LogP contribution is -2.21. The summed E-state index contributed by atoms with van der Waals surface area (Å²) in [4.78, 5) is 12.5. The zero-order valence-corrected chi connectivity index (χ0v) is 15.3. The monoisotopic (exact) mass is 377 g/mol. The average Bonchev–Trinajstić information content (AvgIpc) is 3.24. The molecule has 25 heavy (non-hydrogen) atoms. The highest BCUT2D eigenvalue weighted by Gasteiger charge is 2.34. The molecule has 1 atom stereocenters. The van der Waals surface area contributed by atoms with Crippen LogP contribution in [0.3, 0.4) is 0 Å². The molecule has 4 rings (SSSR count). The number of sulfone groups is 1. The maximum Gasteiger partial charge on any atom is 0.229 e. The van der Waals surface area contributed by atoms with Gasteiger partial charge < -0.3 is 5.32 Å². The molecule has 6 nitrogen and oxygen atoms in total. The van der Waals surface area contributed by atoms with Crippen molar-refractivity contribution in [3.8, 4) is 0 Å². The van der Waals surface area contributed by atoms with E-state index in [2.05, 4.69) is 10.4 Å². The van der Waals surface area contributed by atoms with Crippen molar-refractivity contribution in [3.05, 3.63) is 47.2 Å². The van der Waals surface area contributed by atoms with E-state index >= 15 is 0 Å². The normalized spacial score (nSPS) is 21.2. The Morgan fingerprint density at radius 3 is 2.80 bits per heavy atom. The van der Waals surface area contributed by atoms with Crippen molar-refractivity contribution in [1.29, 1.82) is 0 Å². The summed E-state index contributed by atoms with van der Waals surface area (Å²) >= 11 is 1.76. The Bertz CT molecular complexity index is 907. The predicted octanol–water partition coefficient (Wildman–Crippen LogP) is 2.17. The van der Waals surface area contributed by atoms with Crippen molar-refractivity contribution in [2.75, 3.05) is 16.8 Å². The summed E-state index contributed by atoms with van der Waals surface area (Å²) in [6.07, 6.45) is 0.842. The molecule has 8 heteroatoms. The summed E-state index contributed by atoms with van der Waals surface area (Å²) in [5, 5.41) is 7.61. The van der Waals surface area contributed by atoms with Gasteiger partial charge in [-0.25, -0.2) is 13.1 Å². The van der Waals surface area contributed by atoms with E-state index in [1.54, 1.807) is 16.4 Å². The van der Waals surface area contributed by atoms with Crippen LogP contribution in [0.5, 0.6) is 0 Å². The summed E-state index contributed by atoms with van der Waals surface area (Å²) in [6.45, 7) is 0. The number of nitrogens with zero attached hydrogens (tertiary/aromatic N) is 2. The number of rotatable bonds is 4. The Morgan fingerprint density at radius 2 is 2.08 bits per heavy atom. The van der Waals surface area contributed by atoms with Crippen LogP contribution in [-0.4, -0.2) is 35.6 Å². The van der Waals surface area contributed by atoms with Crippen LogP contribution in [-0.2, 0) is 32.6 Å². The fourth-order valence-electron chi connectivity index (χ4n) is 3.36. The number of hydrogen-bond acceptors (Lipinski definition) is 5. The molecule has 1 unspecified atom stereocenters. The second kappa shape index (κ2) is 6.49. The molecular formula is C17H19N3O3S2. The fraction of sp³-hybridized carbons (Fsp3) is 0.412. The molecule has 2 aliphatic heterocycles. The first-order chi connectivity index (χ1) is 12.0. The third kappa shape index (κ3) is 3.46. The van der Waals surface area contributed by atoms with E-state index in [4.69, 9.17) is 0 Å². The van der Waals surface area contributed by atoms with Crippen molar-refractivity contribution >= 4 is 33.3 Å². The number of fused-ring (bicyclic) bond motifs is 1. The molecule has 1 saturated heterocycles. The minimum atomic E-state index is -3.01. The molecule has 1 fully saturated rings. The van der Waals surface area contributed by atoms with Crippen molar-refractivity contribution in [2.24, 2.45) is 0 Å². The molecule has 1 aromatic heterocycles. The first kappa shape index (κ1) is 16.7. The van der Waals surface area contributed by atoms with Gasteiger partial charge in [0.25, 0.3) is 0 Å². The quantitative estimate of drug-likeness (QED) is 0.883. The molecule has 2 aromatic rings. The number of hydrogen-bond donors (Lipinski definition) is 1. The summed E-state index contributed by atoms with van der Waals surface area (Å²) in [6, 6.07) is 9.38. The lowest BCUT2D eigenvalue weighted by atomic mass is 10.1. The van der Waals surface area contributed by atoms with Gasteiger partial charge in [-0.05, 0) is 12.0 Å². The average molecular weight is 377 g/mol. The van der Waals surface area contributed by atoms with Crippen LogP contribution in [0, 0.1) is 0 Å². The highest BCUT2D eigenvalue weighted by Crippen LogP contribution is 2.38. The fourth-order valence-corrected chi connectivity index (χ4v) is 6.08. The zero-order chi connectivity index (χ0) is 17.4. The Hall–Kier alpha value is -1.80. The molecule has 0 radical (unpaired) electrons. The van der Waals surface area contributed by atoms with E-state index in [1.807, 2.05) is 30.3 Å². The zero-order valence-electron chi connectivity index (χ0n) is 13.6. The molecule has 0 saturated carbocycles. The molecule has 1 amide bonds. The second-order valence-electron chi connectivity index (χ2n) is 6.48. The molecule has 0 spiro atoms. The Morgan fingerprint density at radius 1 is 1.28 bits per heavy atom. The maximum absolute atomic E-state index is 12.5. The predicted molar refractivity (Wildman–Crippen MR) is 98.3 cm³/mol. The van der Waals surface area contributed by atoms with Gasteiger partial charge in [-0.3, -0.25) is 4.79 Å². The molecule has 0 bridgehead atoms. The van der Waals surface area contributed by atoms with Crippen LogP contribution in [0.4, 0.5) is 5.82 Å². The van der Waals surface area contributed by atoms with Gasteiger partial charge in [-0.1, -0.05) is 30.3 Å². The van der Waals surface area contributed by atoms with Crippen LogP contribution in [0.25, 0.3) is 0 Å². The first-order valence-electron chi connectivity index (χ1n) is 8.24. The lowest BCUT2D eigenvalue weighted by molar-refractivity contribution is -0.115. The molecular weight excluding hydrogens is 358 g/mol. The third-order valence-electron chi connectivity index (χ3n) is 4.60. The van der Waals surface area contributed by atoms with E-state index in [0.717, 1.165) is 28.3 Å². The van der Waals surface area contributed by atoms with Gasteiger partial charge in [0, 0.05) is 17.1 Å². The standard InChI is InChI=1S/C17H19N3O3S2/c21-16(8-12-4-2-1-3-5-12)18-17-14-9-24-10-15(14)19-20(17)13-6-7-25(22,23)11-13/h1-5,13H,6-11H2,(H,18,21). The highest BCUT2D eigenvalue weighted by molar-refractivity contribution is 7.98. The van der Waals surface area contributed by atoms with E-state index in [0.29, 0.717) is 12.2 Å². The van der Waals surface area contributed by atoms with E-state index in [-0.39, 0.29) is 29.9 Å². The lowest BCUT2D eigenvalue weighted by Gasteiger charge is -2.15. The van der Waals surface area contributed by atoms with Gasteiger partial charge >= 0.3 is 0 Å². The van der Waals surface area contributed by atoms with E-state index < -0.39 is 9.84 Å². The number of nitrogens with one attached hydrogen (secondary N) is 1. The van der Waals surface area contributed by atoms with Crippen LogP contribution in [0.2, 0.25) is 0 Å². The van der Waals surface area contributed by atoms with Gasteiger partial charge in [-0.15, -0.1) is 0 Å². The summed E-state index contributed by atoms with van der Waals surface area (Å²) in [5.74, 6) is 2.48. The van der Waals surface area contributed by atoms with E-state index in [1.165, 1.54) is 0 Å². The van der Waals surface area contributed by atoms with Crippen LogP contribution < -0.4 is 5.32 Å². The van der Waals surface area contributed by atoms with Crippen molar-refractivity contribution in [3.63, 3.8) is 0 Å². The van der Waals surface area contributed by atoms with Gasteiger partial charge in [0.05, 0.1) is 29.7 Å². The number of benzene rings is 1. The largest absolute Gasteiger partial charge is 0.310 e. The van der Waals surface area contributed by atoms with Crippen molar-refractivity contribution < 1.29 is 13.2 Å². The number of thioether (sulfide) groups is 1. The SMILES string of the molecule is O=C(Cc1ccccc1)Nc1c2c(nn1C1CCS(=O)(=O)C1)CSC2. The summed E-state index contributed by atoms with van der Waals surface area (Å²) in [5.41, 5.74) is 2.94. The van der Waals surface area contributed by atoms with Crippen LogP contribution >= 0.6 is 11.8 Å². The molecule has 132 valence electrons. The minimum Gasteiger partial charge on any atom is -0.310 e. The van der Waals surface area contributed by atoms with E-state index in [9.17, 15) is 13.2 Å². The number of amides is 1. The first-order valence-corrected chi connectivity index (χ1v) is 11.2. The molecule has 3 heterocycles. The Balaban J connectivity index is 1.59. The van der Waals surface area contributed by atoms with Crippen LogP contribution in [0.1, 0.15) is 29.3 Å². The smallest absolute Gasteiger partial charge is 0.229 e. The molecule has 2 aliphatic rings. The molecule has 1 aromatic carbocycles. The number of aromatic nitrogens is 2. The van der Waals surface area contributed by atoms with Gasteiger partial charge in [0.1, 0.15) is 5.82 Å². The maximum atomic E-state index is 12.5. The van der Waals surface area contributed by atoms with Crippen LogP contribution in [0.15, 0.2) is 30.3 Å². The molecule has 0 aliphatic carbocycles. The number of anilines is 1.